The molecule has 0 aromatic heterocycles. The number of hydrogen-bond donors (Lipinski definition) is 2. The van der Waals surface area contributed by atoms with Gasteiger partial charge in [-0.05, 0) is 54.8 Å². The van der Waals surface area contributed by atoms with Crippen LogP contribution in [0.4, 0.5) is 0 Å². The summed E-state index contributed by atoms with van der Waals surface area (Å²) >= 11 is 0. The van der Waals surface area contributed by atoms with Crippen LogP contribution in [0.15, 0.2) is 36.4 Å². The maximum Gasteiger partial charge on any atom is 0.315 e. The highest BCUT2D eigenvalue weighted by Crippen LogP contribution is 2.22. The standard InChI is InChI=1S/C16H16O4/c1-10-7-12(3-5-14(10)17)9-16(19)20-13-4-6-15(18)11(2)8-13/h3-8,17-18H,9H2,1-2H3. The lowest BCUT2D eigenvalue weighted by Gasteiger charge is -2.07. The molecule has 2 aromatic carbocycles. The van der Waals surface area contributed by atoms with Gasteiger partial charge < -0.3 is 14.9 Å². The molecular weight excluding hydrogens is 256 g/mol. The third kappa shape index (κ3) is 3.29. The molecule has 4 heteroatoms. The Hall–Kier alpha value is -2.49. The summed E-state index contributed by atoms with van der Waals surface area (Å²) in [5, 5.41) is 18.8. The predicted molar refractivity (Wildman–Crippen MR) is 75.0 cm³/mol. The van der Waals surface area contributed by atoms with Gasteiger partial charge in [-0.2, -0.15) is 0 Å². The number of hydrogen-bond acceptors (Lipinski definition) is 4. The number of carbonyl (C=O) groups excluding carboxylic acids is 1. The Bertz CT molecular complexity index is 591. The molecule has 0 atom stereocenters. The van der Waals surface area contributed by atoms with Crippen molar-refractivity contribution in [1.29, 1.82) is 0 Å². The zero-order valence-corrected chi connectivity index (χ0v) is 11.4. The lowest BCUT2D eigenvalue weighted by atomic mass is 10.1. The van der Waals surface area contributed by atoms with E-state index in [9.17, 15) is 15.0 Å². The van der Waals surface area contributed by atoms with Crippen LogP contribution in [-0.2, 0) is 11.2 Å². The van der Waals surface area contributed by atoms with E-state index in [2.05, 4.69) is 0 Å². The van der Waals surface area contributed by atoms with E-state index in [1.54, 1.807) is 44.2 Å². The maximum absolute atomic E-state index is 11.8. The van der Waals surface area contributed by atoms with Crippen LogP contribution in [0.2, 0.25) is 0 Å². The number of carbonyl (C=O) groups is 1. The van der Waals surface area contributed by atoms with E-state index >= 15 is 0 Å². The number of ether oxygens (including phenoxy) is 1. The van der Waals surface area contributed by atoms with Gasteiger partial charge in [0.15, 0.2) is 0 Å². The average Bonchev–Trinajstić information content (AvgIpc) is 2.38. The summed E-state index contributed by atoms with van der Waals surface area (Å²) in [5.41, 5.74) is 2.15. The van der Waals surface area contributed by atoms with E-state index in [0.717, 1.165) is 11.1 Å². The van der Waals surface area contributed by atoms with Crippen molar-refractivity contribution in [1.82, 2.24) is 0 Å². The number of rotatable bonds is 3. The van der Waals surface area contributed by atoms with Crippen molar-refractivity contribution in [3.05, 3.63) is 53.1 Å². The minimum absolute atomic E-state index is 0.126. The smallest absolute Gasteiger partial charge is 0.315 e. The summed E-state index contributed by atoms with van der Waals surface area (Å²) in [4.78, 5) is 11.8. The zero-order chi connectivity index (χ0) is 14.7. The second kappa shape index (κ2) is 5.65. The fraction of sp³-hybridized carbons (Fsp3) is 0.188. The normalized spacial score (nSPS) is 10.3. The number of aromatic hydroxyl groups is 2. The Morgan fingerprint density at radius 3 is 2.20 bits per heavy atom. The zero-order valence-electron chi connectivity index (χ0n) is 11.4. The number of aryl methyl sites for hydroxylation is 2. The number of esters is 1. The highest BCUT2D eigenvalue weighted by atomic mass is 16.5. The van der Waals surface area contributed by atoms with E-state index in [0.29, 0.717) is 11.3 Å². The van der Waals surface area contributed by atoms with Gasteiger partial charge in [-0.15, -0.1) is 0 Å². The van der Waals surface area contributed by atoms with Crippen LogP contribution in [0.5, 0.6) is 17.2 Å². The Labute approximate surface area is 117 Å². The van der Waals surface area contributed by atoms with Crippen molar-refractivity contribution in [3.63, 3.8) is 0 Å². The van der Waals surface area contributed by atoms with Gasteiger partial charge in [-0.3, -0.25) is 4.79 Å². The van der Waals surface area contributed by atoms with Gasteiger partial charge in [-0.1, -0.05) is 12.1 Å². The first-order valence-corrected chi connectivity index (χ1v) is 6.24. The predicted octanol–water partition coefficient (Wildman–Crippen LogP) is 2.86. The molecule has 2 rings (SSSR count). The summed E-state index contributed by atoms with van der Waals surface area (Å²) < 4.78 is 5.21. The third-order valence-electron chi connectivity index (χ3n) is 3.01. The maximum atomic E-state index is 11.8. The molecule has 0 unspecified atom stereocenters. The minimum atomic E-state index is -0.389. The quantitative estimate of drug-likeness (QED) is 0.666. The van der Waals surface area contributed by atoms with Crippen molar-refractivity contribution in [2.75, 3.05) is 0 Å². The molecule has 0 radical (unpaired) electrons. The van der Waals surface area contributed by atoms with E-state index in [4.69, 9.17) is 4.74 Å². The van der Waals surface area contributed by atoms with Crippen molar-refractivity contribution in [2.24, 2.45) is 0 Å². The molecule has 0 bridgehead atoms. The number of phenolic OH excluding ortho intramolecular Hbond substituents is 2. The molecule has 0 aliphatic heterocycles. The van der Waals surface area contributed by atoms with Crippen LogP contribution in [0, 0.1) is 13.8 Å². The van der Waals surface area contributed by atoms with Gasteiger partial charge >= 0.3 is 5.97 Å². The second-order valence-electron chi connectivity index (χ2n) is 4.72. The largest absolute Gasteiger partial charge is 0.508 e. The Morgan fingerprint density at radius 1 is 1.00 bits per heavy atom. The first-order valence-electron chi connectivity index (χ1n) is 6.24. The highest BCUT2D eigenvalue weighted by molar-refractivity contribution is 5.75. The summed E-state index contributed by atoms with van der Waals surface area (Å²) in [6.45, 7) is 3.50. The van der Waals surface area contributed by atoms with Crippen LogP contribution < -0.4 is 4.74 Å². The first-order chi connectivity index (χ1) is 9.45. The van der Waals surface area contributed by atoms with Crippen LogP contribution in [0.1, 0.15) is 16.7 Å². The molecule has 0 aliphatic carbocycles. The first kappa shape index (κ1) is 13.9. The monoisotopic (exact) mass is 272 g/mol. The Morgan fingerprint density at radius 2 is 1.60 bits per heavy atom. The van der Waals surface area contributed by atoms with Gasteiger partial charge in [-0.25, -0.2) is 0 Å². The minimum Gasteiger partial charge on any atom is -0.508 e. The van der Waals surface area contributed by atoms with Crippen LogP contribution in [0.3, 0.4) is 0 Å². The fourth-order valence-corrected chi connectivity index (χ4v) is 1.85. The van der Waals surface area contributed by atoms with E-state index in [-0.39, 0.29) is 23.9 Å². The number of benzene rings is 2. The Kier molecular flexibility index (Phi) is 3.94. The molecule has 0 spiro atoms. The van der Waals surface area contributed by atoms with Crippen molar-refractivity contribution >= 4 is 5.97 Å². The SMILES string of the molecule is Cc1cc(CC(=O)Oc2ccc(O)c(C)c2)ccc1O. The van der Waals surface area contributed by atoms with Gasteiger partial charge in [0, 0.05) is 0 Å². The molecule has 2 aromatic rings. The summed E-state index contributed by atoms with van der Waals surface area (Å²) in [6, 6.07) is 9.63. The van der Waals surface area contributed by atoms with Crippen LogP contribution in [-0.4, -0.2) is 16.2 Å². The molecule has 0 heterocycles. The molecule has 4 nitrogen and oxygen atoms in total. The molecule has 0 aliphatic rings. The molecular formula is C16H16O4. The van der Waals surface area contributed by atoms with Crippen LogP contribution >= 0.6 is 0 Å². The van der Waals surface area contributed by atoms with Gasteiger partial charge in [0.05, 0.1) is 6.42 Å². The Balaban J connectivity index is 2.04. The lowest BCUT2D eigenvalue weighted by molar-refractivity contribution is -0.133. The average molecular weight is 272 g/mol. The third-order valence-corrected chi connectivity index (χ3v) is 3.01. The van der Waals surface area contributed by atoms with E-state index in [1.165, 1.54) is 6.07 Å². The molecule has 20 heavy (non-hydrogen) atoms. The van der Waals surface area contributed by atoms with Crippen molar-refractivity contribution in [3.8, 4) is 17.2 Å². The van der Waals surface area contributed by atoms with E-state index in [1.807, 2.05) is 0 Å². The van der Waals surface area contributed by atoms with E-state index < -0.39 is 0 Å². The highest BCUT2D eigenvalue weighted by Gasteiger charge is 2.09. The van der Waals surface area contributed by atoms with Crippen molar-refractivity contribution in [2.45, 2.75) is 20.3 Å². The van der Waals surface area contributed by atoms with Crippen LogP contribution in [0.25, 0.3) is 0 Å². The summed E-state index contributed by atoms with van der Waals surface area (Å²) in [7, 11) is 0. The molecule has 0 saturated heterocycles. The second-order valence-corrected chi connectivity index (χ2v) is 4.72. The molecule has 2 N–H and O–H groups in total. The molecule has 0 saturated carbocycles. The fourth-order valence-electron chi connectivity index (χ4n) is 1.85. The molecule has 0 fully saturated rings. The molecule has 0 amide bonds. The van der Waals surface area contributed by atoms with Gasteiger partial charge in [0.2, 0.25) is 0 Å². The topological polar surface area (TPSA) is 66.8 Å². The van der Waals surface area contributed by atoms with Gasteiger partial charge in [0.1, 0.15) is 17.2 Å². The summed E-state index contributed by atoms with van der Waals surface area (Å²) in [5.74, 6) is 0.385. The van der Waals surface area contributed by atoms with Crippen molar-refractivity contribution < 1.29 is 19.7 Å². The lowest BCUT2D eigenvalue weighted by Crippen LogP contribution is -2.11. The summed E-state index contributed by atoms with van der Waals surface area (Å²) in [6.07, 6.45) is 0.126. The number of phenols is 2. The molecule has 104 valence electrons. The van der Waals surface area contributed by atoms with Gasteiger partial charge in [0.25, 0.3) is 0 Å².